The van der Waals surface area contributed by atoms with Crippen LogP contribution in [0, 0.1) is 0 Å². The highest BCUT2D eigenvalue weighted by Crippen LogP contribution is 2.34. The molecule has 1 atom stereocenters. The fourth-order valence-electron chi connectivity index (χ4n) is 2.13. The van der Waals surface area contributed by atoms with Crippen molar-refractivity contribution in [2.75, 3.05) is 11.4 Å². The number of nitrogens with zero attached hydrogens (tertiary/aromatic N) is 2. The lowest BCUT2D eigenvalue weighted by atomic mass is 10.2. The van der Waals surface area contributed by atoms with Crippen molar-refractivity contribution in [1.29, 1.82) is 0 Å². The zero-order chi connectivity index (χ0) is 14.2. The van der Waals surface area contributed by atoms with E-state index >= 15 is 0 Å². The molecule has 0 bridgehead atoms. The Morgan fingerprint density at radius 2 is 2.16 bits per heavy atom. The molecule has 8 heteroatoms. The molecule has 1 aliphatic rings. The Bertz CT molecular complexity index is 506. The highest BCUT2D eigenvalue weighted by molar-refractivity contribution is 6.29. The van der Waals surface area contributed by atoms with Crippen molar-refractivity contribution in [3.8, 4) is 0 Å². The van der Waals surface area contributed by atoms with Gasteiger partial charge >= 0.3 is 6.18 Å². The number of aromatic nitrogens is 1. The van der Waals surface area contributed by atoms with E-state index < -0.39 is 23.7 Å². The smallest absolute Gasteiger partial charge is 0.368 e. The molecule has 2 rings (SSSR count). The van der Waals surface area contributed by atoms with Gasteiger partial charge in [-0.1, -0.05) is 11.6 Å². The lowest BCUT2D eigenvalue weighted by molar-refractivity contribution is -0.137. The van der Waals surface area contributed by atoms with Crippen LogP contribution < -0.4 is 10.6 Å². The van der Waals surface area contributed by atoms with Crippen LogP contribution in [0.1, 0.15) is 18.4 Å². The van der Waals surface area contributed by atoms with Crippen molar-refractivity contribution in [2.24, 2.45) is 5.73 Å². The summed E-state index contributed by atoms with van der Waals surface area (Å²) in [4.78, 5) is 16.6. The zero-order valence-corrected chi connectivity index (χ0v) is 10.5. The third-order valence-electron chi connectivity index (χ3n) is 2.98. The summed E-state index contributed by atoms with van der Waals surface area (Å²) >= 11 is 5.61. The molecule has 1 saturated heterocycles. The molecule has 19 heavy (non-hydrogen) atoms. The number of alkyl halides is 3. The molecule has 1 aromatic heterocycles. The summed E-state index contributed by atoms with van der Waals surface area (Å²) in [7, 11) is 0. The summed E-state index contributed by atoms with van der Waals surface area (Å²) in [5.41, 5.74) is 4.33. The van der Waals surface area contributed by atoms with Crippen LogP contribution in [0.3, 0.4) is 0 Å². The van der Waals surface area contributed by atoms with Gasteiger partial charge in [0.1, 0.15) is 17.0 Å². The molecule has 1 aliphatic heterocycles. The summed E-state index contributed by atoms with van der Waals surface area (Å²) in [5, 5.41) is -0.264. The van der Waals surface area contributed by atoms with E-state index in [-0.39, 0.29) is 11.0 Å². The van der Waals surface area contributed by atoms with Gasteiger partial charge in [-0.3, -0.25) is 4.79 Å². The van der Waals surface area contributed by atoms with Gasteiger partial charge in [0.2, 0.25) is 5.91 Å². The summed E-state index contributed by atoms with van der Waals surface area (Å²) in [5.74, 6) is -0.547. The Morgan fingerprint density at radius 3 is 2.74 bits per heavy atom. The summed E-state index contributed by atoms with van der Waals surface area (Å²) < 4.78 is 38.1. The molecule has 2 heterocycles. The first-order valence-electron chi connectivity index (χ1n) is 5.60. The number of hydrogen-bond acceptors (Lipinski definition) is 3. The van der Waals surface area contributed by atoms with E-state index in [2.05, 4.69) is 4.98 Å². The fraction of sp³-hybridized carbons (Fsp3) is 0.455. The standard InChI is InChI=1S/C11H11ClF3N3O/c12-8-4-6(11(13,14)15)5-9(17-8)18-3-1-2-7(18)10(16)19/h4-5,7H,1-3H2,(H2,16,19). The molecule has 0 saturated carbocycles. The maximum absolute atomic E-state index is 12.7. The van der Waals surface area contributed by atoms with E-state index in [1.807, 2.05) is 0 Å². The molecule has 2 N–H and O–H groups in total. The van der Waals surface area contributed by atoms with Gasteiger partial charge in [-0.25, -0.2) is 4.98 Å². The number of carbonyl (C=O) groups is 1. The van der Waals surface area contributed by atoms with E-state index in [1.54, 1.807) is 0 Å². The first kappa shape index (κ1) is 13.9. The SMILES string of the molecule is NC(=O)C1CCCN1c1cc(C(F)(F)F)cc(Cl)n1. The van der Waals surface area contributed by atoms with Crippen LogP contribution in [0.25, 0.3) is 0 Å². The normalized spacial score (nSPS) is 19.8. The number of amides is 1. The molecular weight excluding hydrogens is 283 g/mol. The third kappa shape index (κ3) is 2.91. The average molecular weight is 294 g/mol. The van der Waals surface area contributed by atoms with E-state index in [0.29, 0.717) is 19.4 Å². The minimum atomic E-state index is -4.51. The number of hydrogen-bond donors (Lipinski definition) is 1. The molecule has 1 aromatic rings. The molecule has 104 valence electrons. The Balaban J connectivity index is 2.40. The van der Waals surface area contributed by atoms with Gasteiger partial charge in [-0.2, -0.15) is 13.2 Å². The highest BCUT2D eigenvalue weighted by Gasteiger charge is 2.35. The Hall–Kier alpha value is -1.50. The van der Waals surface area contributed by atoms with Crippen molar-refractivity contribution in [2.45, 2.75) is 25.1 Å². The van der Waals surface area contributed by atoms with Crippen LogP contribution in [0.4, 0.5) is 19.0 Å². The summed E-state index contributed by atoms with van der Waals surface area (Å²) in [6.07, 6.45) is -3.34. The van der Waals surface area contributed by atoms with Crippen LogP contribution in [-0.2, 0) is 11.0 Å². The van der Waals surface area contributed by atoms with Crippen molar-refractivity contribution in [3.63, 3.8) is 0 Å². The van der Waals surface area contributed by atoms with Crippen molar-refractivity contribution >= 4 is 23.3 Å². The van der Waals surface area contributed by atoms with Gasteiger partial charge in [-0.05, 0) is 25.0 Å². The molecule has 1 amide bonds. The fourth-order valence-corrected chi connectivity index (χ4v) is 2.33. The minimum Gasteiger partial charge on any atom is -0.368 e. The van der Waals surface area contributed by atoms with E-state index in [9.17, 15) is 18.0 Å². The second-order valence-electron chi connectivity index (χ2n) is 4.29. The first-order chi connectivity index (χ1) is 8.79. The number of rotatable bonds is 2. The van der Waals surface area contributed by atoms with Gasteiger partial charge < -0.3 is 10.6 Å². The maximum Gasteiger partial charge on any atom is 0.416 e. The Morgan fingerprint density at radius 1 is 1.47 bits per heavy atom. The Labute approximate surface area is 112 Å². The van der Waals surface area contributed by atoms with Crippen LogP contribution in [0.5, 0.6) is 0 Å². The zero-order valence-electron chi connectivity index (χ0n) is 9.75. The second kappa shape index (κ2) is 4.88. The number of nitrogens with two attached hydrogens (primary N) is 1. The van der Waals surface area contributed by atoms with Gasteiger partial charge in [0, 0.05) is 6.54 Å². The minimum absolute atomic E-state index is 0.0288. The van der Waals surface area contributed by atoms with Crippen molar-refractivity contribution in [3.05, 3.63) is 22.8 Å². The maximum atomic E-state index is 12.7. The third-order valence-corrected chi connectivity index (χ3v) is 3.18. The number of anilines is 1. The summed E-state index contributed by atoms with van der Waals surface area (Å²) in [6.45, 7) is 0.429. The van der Waals surface area contributed by atoms with Gasteiger partial charge in [0.05, 0.1) is 5.56 Å². The van der Waals surface area contributed by atoms with Crippen LogP contribution in [0.15, 0.2) is 12.1 Å². The Kier molecular flexibility index (Phi) is 3.58. The average Bonchev–Trinajstić information content (AvgIpc) is 2.75. The number of halogens is 4. The quantitative estimate of drug-likeness (QED) is 0.851. The topological polar surface area (TPSA) is 59.2 Å². The molecule has 1 unspecified atom stereocenters. The molecule has 0 radical (unpaired) electrons. The van der Waals surface area contributed by atoms with E-state index in [0.717, 1.165) is 12.1 Å². The van der Waals surface area contributed by atoms with Gasteiger partial charge in [-0.15, -0.1) is 0 Å². The number of carbonyl (C=O) groups excluding carboxylic acids is 1. The van der Waals surface area contributed by atoms with Crippen LogP contribution >= 0.6 is 11.6 Å². The highest BCUT2D eigenvalue weighted by atomic mass is 35.5. The lowest BCUT2D eigenvalue weighted by Gasteiger charge is -2.24. The molecule has 4 nitrogen and oxygen atoms in total. The van der Waals surface area contributed by atoms with Crippen molar-refractivity contribution in [1.82, 2.24) is 4.98 Å². The first-order valence-corrected chi connectivity index (χ1v) is 5.97. The number of primary amides is 1. The van der Waals surface area contributed by atoms with E-state index in [1.165, 1.54) is 4.90 Å². The van der Waals surface area contributed by atoms with Crippen LogP contribution in [0.2, 0.25) is 5.15 Å². The molecule has 0 spiro atoms. The molecule has 0 aliphatic carbocycles. The van der Waals surface area contributed by atoms with E-state index in [4.69, 9.17) is 17.3 Å². The summed E-state index contributed by atoms with van der Waals surface area (Å²) in [6, 6.07) is 1.00. The largest absolute Gasteiger partial charge is 0.416 e. The molecule has 1 fully saturated rings. The monoisotopic (exact) mass is 293 g/mol. The molecular formula is C11H11ClF3N3O. The predicted molar refractivity (Wildman–Crippen MR) is 63.8 cm³/mol. The van der Waals surface area contributed by atoms with Gasteiger partial charge in [0.15, 0.2) is 0 Å². The number of pyridine rings is 1. The van der Waals surface area contributed by atoms with Crippen LogP contribution in [-0.4, -0.2) is 23.5 Å². The predicted octanol–water partition coefficient (Wildman–Crippen LogP) is 2.21. The van der Waals surface area contributed by atoms with Crippen molar-refractivity contribution < 1.29 is 18.0 Å². The second-order valence-corrected chi connectivity index (χ2v) is 4.68. The lowest BCUT2D eigenvalue weighted by Crippen LogP contribution is -2.40. The van der Waals surface area contributed by atoms with Gasteiger partial charge in [0.25, 0.3) is 0 Å². The molecule has 0 aromatic carbocycles.